The van der Waals surface area contributed by atoms with Gasteiger partial charge in [0.05, 0.1) is 6.61 Å². The number of hydrogen-bond acceptors (Lipinski definition) is 2. The van der Waals surface area contributed by atoms with Crippen molar-refractivity contribution in [1.82, 2.24) is 0 Å². The van der Waals surface area contributed by atoms with Gasteiger partial charge in [-0.25, -0.2) is 4.79 Å². The fourth-order valence-corrected chi connectivity index (χ4v) is 2.92. The standard InChI is InChI=1S/C21H28O3/c1-2-3-4-5-6-7-8-11-14-24-20-16-18-13-10-9-12-17(18)15-19(20)21(22)23/h9-10,12-13,15-16H,2-8,11,14H2,1H3,(H,22,23). The Hall–Kier alpha value is -2.03. The predicted molar refractivity (Wildman–Crippen MR) is 99.0 cm³/mol. The summed E-state index contributed by atoms with van der Waals surface area (Å²) in [5.74, 6) is -0.462. The molecule has 2 aromatic carbocycles. The van der Waals surface area contributed by atoms with Crippen LogP contribution in [0.5, 0.6) is 5.75 Å². The second kappa shape index (κ2) is 9.96. The van der Waals surface area contributed by atoms with Crippen LogP contribution >= 0.6 is 0 Å². The summed E-state index contributed by atoms with van der Waals surface area (Å²) in [5.41, 5.74) is 0.244. The second-order valence-electron chi connectivity index (χ2n) is 6.32. The second-order valence-corrected chi connectivity index (χ2v) is 6.32. The maximum absolute atomic E-state index is 11.4. The normalized spacial score (nSPS) is 10.9. The lowest BCUT2D eigenvalue weighted by atomic mass is 10.1. The highest BCUT2D eigenvalue weighted by Crippen LogP contribution is 2.26. The lowest BCUT2D eigenvalue weighted by Crippen LogP contribution is -2.04. The van der Waals surface area contributed by atoms with E-state index in [0.717, 1.165) is 23.6 Å². The summed E-state index contributed by atoms with van der Waals surface area (Å²) in [6, 6.07) is 11.3. The Labute approximate surface area is 144 Å². The van der Waals surface area contributed by atoms with Crippen LogP contribution in [-0.4, -0.2) is 17.7 Å². The molecule has 0 aliphatic rings. The zero-order valence-corrected chi connectivity index (χ0v) is 14.6. The smallest absolute Gasteiger partial charge is 0.339 e. The Morgan fingerprint density at radius 2 is 1.50 bits per heavy atom. The number of benzene rings is 2. The van der Waals surface area contributed by atoms with Crippen molar-refractivity contribution in [3.8, 4) is 5.75 Å². The number of unbranched alkanes of at least 4 members (excludes halogenated alkanes) is 7. The SMILES string of the molecule is CCCCCCCCCCOc1cc2ccccc2cc1C(=O)O. The summed E-state index contributed by atoms with van der Waals surface area (Å²) >= 11 is 0. The van der Waals surface area contributed by atoms with Crippen molar-refractivity contribution >= 4 is 16.7 Å². The van der Waals surface area contributed by atoms with E-state index in [1.165, 1.54) is 38.5 Å². The Morgan fingerprint density at radius 3 is 2.12 bits per heavy atom. The Bertz CT molecular complexity index is 649. The van der Waals surface area contributed by atoms with E-state index in [0.29, 0.717) is 12.4 Å². The van der Waals surface area contributed by atoms with Gasteiger partial charge in [-0.05, 0) is 29.3 Å². The van der Waals surface area contributed by atoms with Crippen LogP contribution in [0.2, 0.25) is 0 Å². The first-order chi connectivity index (χ1) is 11.7. The summed E-state index contributed by atoms with van der Waals surface area (Å²) < 4.78 is 5.77. The molecule has 0 heterocycles. The van der Waals surface area contributed by atoms with E-state index in [1.807, 2.05) is 30.3 Å². The van der Waals surface area contributed by atoms with Crippen LogP contribution in [0.1, 0.15) is 68.6 Å². The maximum Gasteiger partial charge on any atom is 0.339 e. The van der Waals surface area contributed by atoms with Crippen molar-refractivity contribution in [2.24, 2.45) is 0 Å². The van der Waals surface area contributed by atoms with Crippen molar-refractivity contribution in [2.45, 2.75) is 58.3 Å². The van der Waals surface area contributed by atoms with E-state index in [-0.39, 0.29) is 5.56 Å². The summed E-state index contributed by atoms with van der Waals surface area (Å²) in [6.07, 6.45) is 9.91. The molecule has 0 spiro atoms. The highest BCUT2D eigenvalue weighted by Gasteiger charge is 2.12. The molecular formula is C21H28O3. The van der Waals surface area contributed by atoms with E-state index in [4.69, 9.17) is 4.74 Å². The Morgan fingerprint density at radius 1 is 0.917 bits per heavy atom. The molecule has 24 heavy (non-hydrogen) atoms. The van der Waals surface area contributed by atoms with Crippen LogP contribution in [0.4, 0.5) is 0 Å². The average Bonchev–Trinajstić information content (AvgIpc) is 2.59. The summed E-state index contributed by atoms with van der Waals surface area (Å²) in [4.78, 5) is 11.4. The van der Waals surface area contributed by atoms with Gasteiger partial charge in [0.15, 0.2) is 0 Å². The van der Waals surface area contributed by atoms with Crippen LogP contribution in [0, 0.1) is 0 Å². The van der Waals surface area contributed by atoms with Gasteiger partial charge in [0, 0.05) is 0 Å². The molecule has 3 nitrogen and oxygen atoms in total. The monoisotopic (exact) mass is 328 g/mol. The van der Waals surface area contributed by atoms with Crippen molar-refractivity contribution < 1.29 is 14.6 Å². The number of carboxylic acid groups (broad SMARTS) is 1. The third-order valence-corrected chi connectivity index (χ3v) is 4.33. The summed E-state index contributed by atoms with van der Waals surface area (Å²) in [6.45, 7) is 2.81. The molecule has 1 N–H and O–H groups in total. The number of rotatable bonds is 11. The molecule has 0 saturated heterocycles. The first-order valence-corrected chi connectivity index (χ1v) is 9.11. The molecule has 0 amide bonds. The number of carbonyl (C=O) groups is 1. The number of hydrogen-bond donors (Lipinski definition) is 1. The minimum absolute atomic E-state index is 0.244. The van der Waals surface area contributed by atoms with Gasteiger partial charge in [0.2, 0.25) is 0 Å². The Balaban J connectivity index is 1.81. The van der Waals surface area contributed by atoms with Crippen LogP contribution in [0.15, 0.2) is 36.4 Å². The largest absolute Gasteiger partial charge is 0.493 e. The summed E-state index contributed by atoms with van der Waals surface area (Å²) in [5, 5.41) is 11.3. The third-order valence-electron chi connectivity index (χ3n) is 4.33. The molecule has 0 fully saturated rings. The van der Waals surface area contributed by atoms with Crippen molar-refractivity contribution in [3.05, 3.63) is 42.0 Å². The van der Waals surface area contributed by atoms with Gasteiger partial charge in [0.1, 0.15) is 11.3 Å². The molecule has 2 rings (SSSR count). The number of ether oxygens (including phenoxy) is 1. The molecule has 0 saturated carbocycles. The van der Waals surface area contributed by atoms with Crippen molar-refractivity contribution in [1.29, 1.82) is 0 Å². The molecule has 0 bridgehead atoms. The zero-order chi connectivity index (χ0) is 17.2. The molecule has 0 aliphatic heterocycles. The van der Waals surface area contributed by atoms with Gasteiger partial charge < -0.3 is 9.84 Å². The molecular weight excluding hydrogens is 300 g/mol. The van der Waals surface area contributed by atoms with Gasteiger partial charge in [-0.3, -0.25) is 0 Å². The van der Waals surface area contributed by atoms with Gasteiger partial charge in [0.25, 0.3) is 0 Å². The lowest BCUT2D eigenvalue weighted by molar-refractivity contribution is 0.0692. The molecule has 130 valence electrons. The fraction of sp³-hybridized carbons (Fsp3) is 0.476. The van der Waals surface area contributed by atoms with Crippen LogP contribution in [0.3, 0.4) is 0 Å². The molecule has 0 radical (unpaired) electrons. The summed E-state index contributed by atoms with van der Waals surface area (Å²) in [7, 11) is 0. The lowest BCUT2D eigenvalue weighted by Gasteiger charge is -2.11. The minimum Gasteiger partial charge on any atom is -0.493 e. The fourth-order valence-electron chi connectivity index (χ4n) is 2.92. The molecule has 0 atom stereocenters. The number of aromatic carboxylic acids is 1. The first kappa shape index (κ1) is 18.3. The number of carboxylic acids is 1. The van der Waals surface area contributed by atoms with Crippen LogP contribution < -0.4 is 4.74 Å². The topological polar surface area (TPSA) is 46.5 Å². The highest BCUT2D eigenvalue weighted by molar-refractivity contribution is 5.97. The maximum atomic E-state index is 11.4. The zero-order valence-electron chi connectivity index (χ0n) is 14.6. The molecule has 0 aromatic heterocycles. The van der Waals surface area contributed by atoms with Crippen molar-refractivity contribution in [3.63, 3.8) is 0 Å². The van der Waals surface area contributed by atoms with Gasteiger partial charge in [-0.1, -0.05) is 76.1 Å². The van der Waals surface area contributed by atoms with E-state index >= 15 is 0 Å². The van der Waals surface area contributed by atoms with Gasteiger partial charge >= 0.3 is 5.97 Å². The molecule has 3 heteroatoms. The van der Waals surface area contributed by atoms with Gasteiger partial charge in [-0.2, -0.15) is 0 Å². The first-order valence-electron chi connectivity index (χ1n) is 9.11. The van der Waals surface area contributed by atoms with Crippen LogP contribution in [-0.2, 0) is 0 Å². The molecule has 0 unspecified atom stereocenters. The van der Waals surface area contributed by atoms with E-state index < -0.39 is 5.97 Å². The average molecular weight is 328 g/mol. The minimum atomic E-state index is -0.938. The van der Waals surface area contributed by atoms with E-state index in [2.05, 4.69) is 6.92 Å². The van der Waals surface area contributed by atoms with Gasteiger partial charge in [-0.15, -0.1) is 0 Å². The molecule has 0 aliphatic carbocycles. The third kappa shape index (κ3) is 5.55. The van der Waals surface area contributed by atoms with E-state index in [1.54, 1.807) is 6.07 Å². The quantitative estimate of drug-likeness (QED) is 0.510. The van der Waals surface area contributed by atoms with Crippen molar-refractivity contribution in [2.75, 3.05) is 6.61 Å². The molecule has 2 aromatic rings. The highest BCUT2D eigenvalue weighted by atomic mass is 16.5. The Kier molecular flexibility index (Phi) is 7.60. The predicted octanol–water partition coefficient (Wildman–Crippen LogP) is 6.06. The van der Waals surface area contributed by atoms with Crippen LogP contribution in [0.25, 0.3) is 10.8 Å². The number of fused-ring (bicyclic) bond motifs is 1. The van der Waals surface area contributed by atoms with E-state index in [9.17, 15) is 9.90 Å².